The summed E-state index contributed by atoms with van der Waals surface area (Å²) < 4.78 is 7.52. The van der Waals surface area contributed by atoms with E-state index >= 15 is 0 Å². The van der Waals surface area contributed by atoms with E-state index in [1.54, 1.807) is 37.6 Å². The Morgan fingerprint density at radius 3 is 2.85 bits per heavy atom. The number of hydrogen-bond acceptors (Lipinski definition) is 5. The lowest BCUT2D eigenvalue weighted by Gasteiger charge is -2.32. The van der Waals surface area contributed by atoms with Gasteiger partial charge in [-0.2, -0.15) is 0 Å². The Labute approximate surface area is 157 Å². The number of imidazole rings is 1. The number of aryl methyl sites for hydroxylation is 1. The van der Waals surface area contributed by atoms with Gasteiger partial charge in [-0.25, -0.2) is 4.98 Å². The molecule has 8 nitrogen and oxygen atoms in total. The second-order valence-electron chi connectivity index (χ2n) is 6.43. The van der Waals surface area contributed by atoms with Crippen molar-refractivity contribution in [1.29, 1.82) is 0 Å². The fraction of sp³-hybridized carbons (Fsp3) is 0.368. The first-order valence-electron chi connectivity index (χ1n) is 8.81. The first kappa shape index (κ1) is 18.6. The Bertz CT molecular complexity index is 847. The summed E-state index contributed by atoms with van der Waals surface area (Å²) >= 11 is 0. The maximum atomic E-state index is 12.5. The number of nitrogens with zero attached hydrogens (tertiary/aromatic N) is 3. The van der Waals surface area contributed by atoms with E-state index in [2.05, 4.69) is 10.3 Å². The Kier molecular flexibility index (Phi) is 5.54. The highest BCUT2D eigenvalue weighted by Crippen LogP contribution is 2.34. The summed E-state index contributed by atoms with van der Waals surface area (Å²) in [4.78, 5) is 41.8. The van der Waals surface area contributed by atoms with E-state index in [-0.39, 0.29) is 24.1 Å². The molecule has 8 heteroatoms. The van der Waals surface area contributed by atoms with Gasteiger partial charge in [0.05, 0.1) is 12.0 Å². The Hall–Kier alpha value is -3.16. The van der Waals surface area contributed by atoms with Crippen molar-refractivity contribution < 1.29 is 19.1 Å². The van der Waals surface area contributed by atoms with E-state index in [1.807, 2.05) is 10.8 Å². The molecule has 0 aliphatic carbocycles. The van der Waals surface area contributed by atoms with Crippen molar-refractivity contribution >= 4 is 23.3 Å². The van der Waals surface area contributed by atoms with Crippen LogP contribution in [0.15, 0.2) is 36.9 Å². The van der Waals surface area contributed by atoms with Gasteiger partial charge in [-0.1, -0.05) is 0 Å². The maximum Gasteiger partial charge on any atom is 0.268 e. The molecule has 1 aromatic carbocycles. The van der Waals surface area contributed by atoms with E-state index in [4.69, 9.17) is 4.74 Å². The van der Waals surface area contributed by atoms with E-state index in [9.17, 15) is 14.4 Å². The molecule has 2 aromatic rings. The first-order chi connectivity index (χ1) is 13.0. The topological polar surface area (TPSA) is 93.5 Å². The molecule has 142 valence electrons. The van der Waals surface area contributed by atoms with Crippen LogP contribution in [0.25, 0.3) is 0 Å². The number of carbonyl (C=O) groups is 3. The van der Waals surface area contributed by atoms with Crippen molar-refractivity contribution in [2.24, 2.45) is 0 Å². The molecular formula is C19H22N4O4. The third-order valence-corrected chi connectivity index (χ3v) is 4.35. The number of Topliss-reactive ketones (excluding diaryl/α,β-unsaturated/α-hetero) is 1. The molecule has 1 aromatic heterocycles. The summed E-state index contributed by atoms with van der Waals surface area (Å²) in [6.45, 7) is 4.21. The van der Waals surface area contributed by atoms with Crippen LogP contribution in [0, 0.1) is 0 Å². The minimum atomic E-state index is -0.685. The van der Waals surface area contributed by atoms with Crippen molar-refractivity contribution in [1.82, 2.24) is 14.9 Å². The monoisotopic (exact) mass is 370 g/mol. The number of hydrogen-bond donors (Lipinski definition) is 1. The number of amides is 2. The highest BCUT2D eigenvalue weighted by Gasteiger charge is 2.33. The Morgan fingerprint density at radius 2 is 2.15 bits per heavy atom. The van der Waals surface area contributed by atoms with Crippen molar-refractivity contribution in [2.75, 3.05) is 18.0 Å². The zero-order chi connectivity index (χ0) is 19.4. The van der Waals surface area contributed by atoms with Crippen LogP contribution in [0.2, 0.25) is 0 Å². The van der Waals surface area contributed by atoms with Crippen LogP contribution in [0.1, 0.15) is 30.6 Å². The molecule has 0 saturated carbocycles. The molecule has 1 unspecified atom stereocenters. The van der Waals surface area contributed by atoms with Gasteiger partial charge in [0.15, 0.2) is 11.9 Å². The van der Waals surface area contributed by atoms with E-state index in [0.717, 1.165) is 13.0 Å². The van der Waals surface area contributed by atoms with E-state index in [0.29, 0.717) is 23.5 Å². The predicted molar refractivity (Wildman–Crippen MR) is 98.7 cm³/mol. The molecule has 1 atom stereocenters. The van der Waals surface area contributed by atoms with E-state index in [1.165, 1.54) is 11.8 Å². The molecule has 0 fully saturated rings. The third kappa shape index (κ3) is 4.33. The number of rotatable bonds is 7. The molecular weight excluding hydrogens is 348 g/mol. The van der Waals surface area contributed by atoms with Crippen LogP contribution in [0.5, 0.6) is 5.75 Å². The minimum Gasteiger partial charge on any atom is -0.479 e. The number of benzene rings is 1. The van der Waals surface area contributed by atoms with Crippen LogP contribution in [-0.2, 0) is 16.1 Å². The molecule has 0 spiro atoms. The Balaban J connectivity index is 1.64. The summed E-state index contributed by atoms with van der Waals surface area (Å²) in [6, 6.07) is 4.90. The summed E-state index contributed by atoms with van der Waals surface area (Å²) in [6.07, 6.45) is 5.35. The molecule has 3 rings (SSSR count). The number of aromatic nitrogens is 2. The number of anilines is 1. The standard InChI is InChI=1S/C19H22N4O4/c1-13(24)15-4-5-17-16(10-15)23(19(26)14(2)27-17)11-18(25)21-6-3-8-22-9-7-20-12-22/h4-5,7,9-10,12,14H,3,6,8,11H2,1-2H3,(H,21,25). The smallest absolute Gasteiger partial charge is 0.268 e. The van der Waals surface area contributed by atoms with Gasteiger partial charge in [-0.3, -0.25) is 19.3 Å². The van der Waals surface area contributed by atoms with Gasteiger partial charge in [0.1, 0.15) is 12.3 Å². The average Bonchev–Trinajstić information content (AvgIpc) is 3.15. The molecule has 1 N–H and O–H groups in total. The zero-order valence-electron chi connectivity index (χ0n) is 15.3. The van der Waals surface area contributed by atoms with Crippen LogP contribution in [-0.4, -0.2) is 46.3 Å². The molecule has 2 heterocycles. The fourth-order valence-corrected chi connectivity index (χ4v) is 2.90. The second kappa shape index (κ2) is 8.03. The van der Waals surface area contributed by atoms with Crippen LogP contribution < -0.4 is 15.0 Å². The van der Waals surface area contributed by atoms with Crippen molar-refractivity contribution in [2.45, 2.75) is 32.9 Å². The van der Waals surface area contributed by atoms with Gasteiger partial charge in [0.25, 0.3) is 5.91 Å². The first-order valence-corrected chi connectivity index (χ1v) is 8.81. The minimum absolute atomic E-state index is 0.118. The number of nitrogens with one attached hydrogen (secondary N) is 1. The fourth-order valence-electron chi connectivity index (χ4n) is 2.90. The lowest BCUT2D eigenvalue weighted by atomic mass is 10.1. The van der Waals surface area contributed by atoms with Crippen molar-refractivity contribution in [3.63, 3.8) is 0 Å². The highest BCUT2D eigenvalue weighted by molar-refractivity contribution is 6.05. The average molecular weight is 370 g/mol. The predicted octanol–water partition coefficient (Wildman–Crippen LogP) is 1.41. The highest BCUT2D eigenvalue weighted by atomic mass is 16.5. The summed E-state index contributed by atoms with van der Waals surface area (Å²) in [7, 11) is 0. The largest absolute Gasteiger partial charge is 0.479 e. The van der Waals surface area contributed by atoms with Gasteiger partial charge >= 0.3 is 0 Å². The molecule has 2 amide bonds. The van der Waals surface area contributed by atoms with Crippen molar-refractivity contribution in [3.05, 3.63) is 42.5 Å². The van der Waals surface area contributed by atoms with Gasteiger partial charge in [0.2, 0.25) is 5.91 Å². The maximum absolute atomic E-state index is 12.5. The molecule has 0 bridgehead atoms. The molecule has 1 aliphatic heterocycles. The number of carbonyl (C=O) groups excluding carboxylic acids is 3. The lowest BCUT2D eigenvalue weighted by Crippen LogP contribution is -2.49. The normalized spacial score (nSPS) is 15.9. The number of ketones is 1. The third-order valence-electron chi connectivity index (χ3n) is 4.35. The van der Waals surface area contributed by atoms with Crippen LogP contribution in [0.4, 0.5) is 5.69 Å². The van der Waals surface area contributed by atoms with Gasteiger partial charge < -0.3 is 14.6 Å². The summed E-state index contributed by atoms with van der Waals surface area (Å²) in [5.74, 6) is -0.202. The summed E-state index contributed by atoms with van der Waals surface area (Å²) in [5, 5.41) is 2.82. The van der Waals surface area contributed by atoms with Gasteiger partial charge in [-0.15, -0.1) is 0 Å². The Morgan fingerprint density at radius 1 is 1.33 bits per heavy atom. The van der Waals surface area contributed by atoms with Crippen LogP contribution >= 0.6 is 0 Å². The molecule has 1 aliphatic rings. The molecule has 0 radical (unpaired) electrons. The second-order valence-corrected chi connectivity index (χ2v) is 6.43. The number of fused-ring (bicyclic) bond motifs is 1. The quantitative estimate of drug-likeness (QED) is 0.587. The summed E-state index contributed by atoms with van der Waals surface area (Å²) in [5.41, 5.74) is 0.907. The zero-order valence-corrected chi connectivity index (χ0v) is 15.3. The SMILES string of the molecule is CC(=O)c1ccc2c(c1)N(CC(=O)NCCCn1ccnc1)C(=O)C(C)O2. The lowest BCUT2D eigenvalue weighted by molar-refractivity contribution is -0.128. The molecule has 0 saturated heterocycles. The van der Waals surface area contributed by atoms with Crippen LogP contribution in [0.3, 0.4) is 0 Å². The molecule has 27 heavy (non-hydrogen) atoms. The van der Waals surface area contributed by atoms with E-state index < -0.39 is 6.10 Å². The number of ether oxygens (including phenoxy) is 1. The van der Waals surface area contributed by atoms with Crippen molar-refractivity contribution in [3.8, 4) is 5.75 Å². The van der Waals surface area contributed by atoms with Gasteiger partial charge in [0, 0.05) is 31.0 Å². The van der Waals surface area contributed by atoms with Gasteiger partial charge in [-0.05, 0) is 38.5 Å².